The maximum Gasteiger partial charge on any atom is 0.250 e. The van der Waals surface area contributed by atoms with E-state index >= 15 is 0 Å². The van der Waals surface area contributed by atoms with Crippen LogP contribution in [0.2, 0.25) is 0 Å². The van der Waals surface area contributed by atoms with Crippen LogP contribution in [0.15, 0.2) is 29.3 Å². The SMILES string of the molecule is C=Cc1nc(Cc2ccc(OC)c(OC)c2)no1. The number of hydrogen-bond acceptors (Lipinski definition) is 5. The van der Waals surface area contributed by atoms with Crippen molar-refractivity contribution < 1.29 is 14.0 Å². The van der Waals surface area contributed by atoms with Gasteiger partial charge in [0.05, 0.1) is 14.2 Å². The Kier molecular flexibility index (Phi) is 3.62. The summed E-state index contributed by atoms with van der Waals surface area (Å²) in [6.07, 6.45) is 2.09. The average molecular weight is 246 g/mol. The van der Waals surface area contributed by atoms with Crippen molar-refractivity contribution in [2.75, 3.05) is 14.2 Å². The molecule has 1 heterocycles. The topological polar surface area (TPSA) is 57.4 Å². The number of benzene rings is 1. The summed E-state index contributed by atoms with van der Waals surface area (Å²) < 4.78 is 15.4. The molecule has 0 aliphatic heterocycles. The third-order valence-electron chi connectivity index (χ3n) is 2.47. The first-order valence-electron chi connectivity index (χ1n) is 5.42. The van der Waals surface area contributed by atoms with Gasteiger partial charge in [-0.05, 0) is 23.8 Å². The van der Waals surface area contributed by atoms with Crippen molar-refractivity contribution in [3.8, 4) is 11.5 Å². The van der Waals surface area contributed by atoms with Crippen LogP contribution in [-0.4, -0.2) is 24.4 Å². The van der Waals surface area contributed by atoms with Crippen LogP contribution >= 0.6 is 0 Å². The molecular formula is C13H14N2O3. The Labute approximate surface area is 105 Å². The Morgan fingerprint density at radius 2 is 2.06 bits per heavy atom. The van der Waals surface area contributed by atoms with E-state index in [0.29, 0.717) is 29.6 Å². The molecule has 94 valence electrons. The van der Waals surface area contributed by atoms with E-state index in [1.807, 2.05) is 18.2 Å². The summed E-state index contributed by atoms with van der Waals surface area (Å²) in [5.74, 6) is 2.41. The molecule has 0 fully saturated rings. The van der Waals surface area contributed by atoms with Gasteiger partial charge in [-0.1, -0.05) is 17.8 Å². The molecule has 1 aromatic carbocycles. The molecular weight excluding hydrogens is 232 g/mol. The predicted octanol–water partition coefficient (Wildman–Crippen LogP) is 2.32. The average Bonchev–Trinajstić information content (AvgIpc) is 2.86. The highest BCUT2D eigenvalue weighted by molar-refractivity contribution is 5.43. The van der Waals surface area contributed by atoms with Gasteiger partial charge in [-0.15, -0.1) is 0 Å². The summed E-state index contributed by atoms with van der Waals surface area (Å²) in [4.78, 5) is 4.15. The highest BCUT2D eigenvalue weighted by atomic mass is 16.5. The van der Waals surface area contributed by atoms with Crippen LogP contribution in [0.1, 0.15) is 17.3 Å². The zero-order valence-electron chi connectivity index (χ0n) is 10.3. The summed E-state index contributed by atoms with van der Waals surface area (Å²) in [6, 6.07) is 5.68. The Morgan fingerprint density at radius 3 is 2.67 bits per heavy atom. The lowest BCUT2D eigenvalue weighted by Crippen LogP contribution is -1.95. The van der Waals surface area contributed by atoms with E-state index in [2.05, 4.69) is 16.7 Å². The smallest absolute Gasteiger partial charge is 0.250 e. The third-order valence-corrected chi connectivity index (χ3v) is 2.47. The molecule has 0 spiro atoms. The quantitative estimate of drug-likeness (QED) is 0.810. The minimum Gasteiger partial charge on any atom is -0.493 e. The van der Waals surface area contributed by atoms with E-state index in [1.54, 1.807) is 14.2 Å². The first kappa shape index (κ1) is 12.2. The van der Waals surface area contributed by atoms with Gasteiger partial charge in [0.2, 0.25) is 5.89 Å². The Balaban J connectivity index is 2.21. The van der Waals surface area contributed by atoms with E-state index in [9.17, 15) is 0 Å². The number of methoxy groups -OCH3 is 2. The van der Waals surface area contributed by atoms with Gasteiger partial charge >= 0.3 is 0 Å². The molecule has 18 heavy (non-hydrogen) atoms. The summed E-state index contributed by atoms with van der Waals surface area (Å²) >= 11 is 0. The minimum atomic E-state index is 0.422. The predicted molar refractivity (Wildman–Crippen MR) is 66.7 cm³/mol. The highest BCUT2D eigenvalue weighted by Crippen LogP contribution is 2.28. The van der Waals surface area contributed by atoms with Gasteiger partial charge in [0, 0.05) is 6.42 Å². The van der Waals surface area contributed by atoms with Crippen molar-refractivity contribution in [3.05, 3.63) is 42.1 Å². The molecule has 0 atom stereocenters. The first-order chi connectivity index (χ1) is 8.76. The second kappa shape index (κ2) is 5.35. The van der Waals surface area contributed by atoms with Crippen molar-refractivity contribution >= 4 is 6.08 Å². The minimum absolute atomic E-state index is 0.422. The molecule has 0 aliphatic rings. The fourth-order valence-corrected chi connectivity index (χ4v) is 1.60. The van der Waals surface area contributed by atoms with Crippen molar-refractivity contribution in [2.45, 2.75) is 6.42 Å². The van der Waals surface area contributed by atoms with Crippen LogP contribution in [0.4, 0.5) is 0 Å². The molecule has 5 nitrogen and oxygen atoms in total. The molecule has 0 amide bonds. The van der Waals surface area contributed by atoms with Crippen LogP contribution in [0.3, 0.4) is 0 Å². The number of nitrogens with zero attached hydrogens (tertiary/aromatic N) is 2. The van der Waals surface area contributed by atoms with Crippen LogP contribution in [0, 0.1) is 0 Å². The van der Waals surface area contributed by atoms with Crippen molar-refractivity contribution in [2.24, 2.45) is 0 Å². The van der Waals surface area contributed by atoms with E-state index < -0.39 is 0 Å². The lowest BCUT2D eigenvalue weighted by atomic mass is 10.1. The molecule has 0 radical (unpaired) electrons. The Morgan fingerprint density at radius 1 is 1.28 bits per heavy atom. The Hall–Kier alpha value is -2.30. The molecule has 0 unspecified atom stereocenters. The lowest BCUT2D eigenvalue weighted by Gasteiger charge is -2.08. The molecule has 0 saturated heterocycles. The summed E-state index contributed by atoms with van der Waals surface area (Å²) in [5.41, 5.74) is 1.02. The maximum absolute atomic E-state index is 5.24. The summed E-state index contributed by atoms with van der Waals surface area (Å²) in [6.45, 7) is 3.57. The number of ether oxygens (including phenoxy) is 2. The Bertz CT molecular complexity index is 549. The normalized spacial score (nSPS) is 10.1. The van der Waals surface area contributed by atoms with Gasteiger partial charge in [-0.2, -0.15) is 4.98 Å². The number of hydrogen-bond donors (Lipinski definition) is 0. The van der Waals surface area contributed by atoms with Crippen molar-refractivity contribution in [1.82, 2.24) is 10.1 Å². The van der Waals surface area contributed by atoms with E-state index in [1.165, 1.54) is 6.08 Å². The summed E-state index contributed by atoms with van der Waals surface area (Å²) in [5, 5.41) is 3.85. The monoisotopic (exact) mass is 246 g/mol. The largest absolute Gasteiger partial charge is 0.493 e. The number of aromatic nitrogens is 2. The van der Waals surface area contributed by atoms with Crippen LogP contribution < -0.4 is 9.47 Å². The number of rotatable bonds is 5. The van der Waals surface area contributed by atoms with Crippen LogP contribution in [0.25, 0.3) is 6.08 Å². The molecule has 1 aromatic heterocycles. The van der Waals surface area contributed by atoms with Crippen molar-refractivity contribution in [3.63, 3.8) is 0 Å². The van der Waals surface area contributed by atoms with Gasteiger partial charge in [0.25, 0.3) is 0 Å². The lowest BCUT2D eigenvalue weighted by molar-refractivity contribution is 0.354. The highest BCUT2D eigenvalue weighted by Gasteiger charge is 2.08. The second-order valence-corrected chi connectivity index (χ2v) is 3.62. The molecule has 0 saturated carbocycles. The molecule has 0 aliphatic carbocycles. The molecule has 0 bridgehead atoms. The molecule has 2 aromatic rings. The fraction of sp³-hybridized carbons (Fsp3) is 0.231. The third kappa shape index (κ3) is 2.51. The second-order valence-electron chi connectivity index (χ2n) is 3.62. The molecule has 0 N–H and O–H groups in total. The van der Waals surface area contributed by atoms with Gasteiger partial charge in [-0.25, -0.2) is 0 Å². The van der Waals surface area contributed by atoms with Gasteiger partial charge in [-0.3, -0.25) is 0 Å². The van der Waals surface area contributed by atoms with Gasteiger partial charge in [0.1, 0.15) is 0 Å². The van der Waals surface area contributed by atoms with Crippen molar-refractivity contribution in [1.29, 1.82) is 0 Å². The molecule has 5 heteroatoms. The van der Waals surface area contributed by atoms with E-state index in [4.69, 9.17) is 14.0 Å². The molecule has 2 rings (SSSR count). The van der Waals surface area contributed by atoms with Crippen LogP contribution in [-0.2, 0) is 6.42 Å². The zero-order valence-corrected chi connectivity index (χ0v) is 10.3. The van der Waals surface area contributed by atoms with Gasteiger partial charge < -0.3 is 14.0 Å². The van der Waals surface area contributed by atoms with E-state index in [0.717, 1.165) is 5.56 Å². The standard InChI is InChI=1S/C13H14N2O3/c1-4-13-14-12(15-18-13)8-9-5-6-10(16-2)11(7-9)17-3/h4-7H,1,8H2,2-3H3. The fourth-order valence-electron chi connectivity index (χ4n) is 1.60. The maximum atomic E-state index is 5.24. The van der Waals surface area contributed by atoms with Crippen LogP contribution in [0.5, 0.6) is 11.5 Å². The summed E-state index contributed by atoms with van der Waals surface area (Å²) in [7, 11) is 3.21. The van der Waals surface area contributed by atoms with E-state index in [-0.39, 0.29) is 0 Å². The van der Waals surface area contributed by atoms with Gasteiger partial charge in [0.15, 0.2) is 17.3 Å². The zero-order chi connectivity index (χ0) is 13.0. The first-order valence-corrected chi connectivity index (χ1v) is 5.42.